The van der Waals surface area contributed by atoms with Gasteiger partial charge in [0.15, 0.2) is 0 Å². The Morgan fingerprint density at radius 2 is 2.00 bits per heavy atom. The van der Waals surface area contributed by atoms with Crippen molar-refractivity contribution in [1.29, 1.82) is 0 Å². The van der Waals surface area contributed by atoms with E-state index in [4.69, 9.17) is 9.26 Å². The van der Waals surface area contributed by atoms with Crippen molar-refractivity contribution in [2.24, 2.45) is 0 Å². The Kier molecular flexibility index (Phi) is 6.83. The van der Waals surface area contributed by atoms with Gasteiger partial charge in [0.2, 0.25) is 15.0 Å². The lowest BCUT2D eigenvalue weighted by molar-refractivity contribution is 0.217. The zero-order chi connectivity index (χ0) is 20.9. The van der Waals surface area contributed by atoms with E-state index in [-0.39, 0.29) is 23.6 Å². The minimum atomic E-state index is -3.57. The van der Waals surface area contributed by atoms with E-state index in [1.807, 2.05) is 50.4 Å². The first-order chi connectivity index (χ1) is 13.9. The third-order valence-corrected chi connectivity index (χ3v) is 6.46. The van der Waals surface area contributed by atoms with Crippen LogP contribution in [0, 0.1) is 0 Å². The molecule has 0 radical (unpaired) electrons. The van der Waals surface area contributed by atoms with Crippen LogP contribution in [0.4, 0.5) is 0 Å². The fourth-order valence-electron chi connectivity index (χ4n) is 3.04. The zero-order valence-corrected chi connectivity index (χ0v) is 17.7. The van der Waals surface area contributed by atoms with Gasteiger partial charge in [0, 0.05) is 19.7 Å². The molecule has 0 fully saturated rings. The molecule has 0 aliphatic heterocycles. The summed E-state index contributed by atoms with van der Waals surface area (Å²) in [6.45, 7) is 3.07. The first kappa shape index (κ1) is 21.2. The summed E-state index contributed by atoms with van der Waals surface area (Å²) in [6.07, 6.45) is 3.18. The van der Waals surface area contributed by atoms with E-state index in [2.05, 4.69) is 15.0 Å². The van der Waals surface area contributed by atoms with Crippen molar-refractivity contribution in [2.75, 3.05) is 26.5 Å². The lowest BCUT2D eigenvalue weighted by atomic mass is 10.2. The molecular weight excluding hydrogens is 392 g/mol. The molecule has 2 heterocycles. The monoisotopic (exact) mass is 418 g/mol. The minimum Gasteiger partial charge on any atom is -0.384 e. The van der Waals surface area contributed by atoms with Gasteiger partial charge in [0.25, 0.3) is 0 Å². The van der Waals surface area contributed by atoms with Crippen molar-refractivity contribution in [3.8, 4) is 0 Å². The van der Waals surface area contributed by atoms with Crippen LogP contribution < -0.4 is 0 Å². The molecule has 1 atom stereocenters. The van der Waals surface area contributed by atoms with Gasteiger partial charge in [-0.15, -0.1) is 0 Å². The SMILES string of the molecule is COCCS(=O)(=O)c1ncc(CN(C)[C@H](C)c2ccon2)n1Cc1ccccc1. The van der Waals surface area contributed by atoms with Crippen molar-refractivity contribution in [3.63, 3.8) is 0 Å². The van der Waals surface area contributed by atoms with Gasteiger partial charge in [0.05, 0.1) is 36.8 Å². The third-order valence-electron chi connectivity index (χ3n) is 4.88. The van der Waals surface area contributed by atoms with E-state index in [0.717, 1.165) is 17.0 Å². The highest BCUT2D eigenvalue weighted by molar-refractivity contribution is 7.91. The highest BCUT2D eigenvalue weighted by atomic mass is 32.2. The maximum absolute atomic E-state index is 12.8. The molecule has 0 saturated carbocycles. The largest absolute Gasteiger partial charge is 0.384 e. The smallest absolute Gasteiger partial charge is 0.228 e. The topological polar surface area (TPSA) is 90.5 Å². The van der Waals surface area contributed by atoms with E-state index in [0.29, 0.717) is 13.1 Å². The van der Waals surface area contributed by atoms with Crippen LogP contribution >= 0.6 is 0 Å². The third kappa shape index (κ3) is 5.11. The average molecular weight is 419 g/mol. The summed E-state index contributed by atoms with van der Waals surface area (Å²) in [5.41, 5.74) is 2.62. The van der Waals surface area contributed by atoms with Gasteiger partial charge in [-0.25, -0.2) is 13.4 Å². The van der Waals surface area contributed by atoms with Gasteiger partial charge < -0.3 is 13.8 Å². The van der Waals surface area contributed by atoms with Crippen LogP contribution in [0.25, 0.3) is 0 Å². The molecule has 3 rings (SSSR count). The average Bonchev–Trinajstić information content (AvgIpc) is 3.38. The number of hydrogen-bond donors (Lipinski definition) is 0. The molecule has 0 N–H and O–H groups in total. The summed E-state index contributed by atoms with van der Waals surface area (Å²) < 4.78 is 37.3. The van der Waals surface area contributed by atoms with Gasteiger partial charge in [-0.05, 0) is 19.5 Å². The Morgan fingerprint density at radius 3 is 2.66 bits per heavy atom. The Labute approximate surface area is 171 Å². The lowest BCUT2D eigenvalue weighted by Crippen LogP contribution is -2.25. The van der Waals surface area contributed by atoms with E-state index >= 15 is 0 Å². The number of methoxy groups -OCH3 is 1. The molecule has 156 valence electrons. The molecule has 29 heavy (non-hydrogen) atoms. The van der Waals surface area contributed by atoms with Crippen molar-refractivity contribution in [2.45, 2.75) is 31.2 Å². The van der Waals surface area contributed by atoms with Gasteiger partial charge >= 0.3 is 0 Å². The highest BCUT2D eigenvalue weighted by Gasteiger charge is 2.25. The summed E-state index contributed by atoms with van der Waals surface area (Å²) in [5.74, 6) is -0.111. The number of aromatic nitrogens is 3. The van der Waals surface area contributed by atoms with Gasteiger partial charge in [0.1, 0.15) is 12.0 Å². The van der Waals surface area contributed by atoms with E-state index in [1.54, 1.807) is 17.0 Å². The van der Waals surface area contributed by atoms with Crippen LogP contribution in [0.5, 0.6) is 0 Å². The minimum absolute atomic E-state index is 0.00220. The fraction of sp³-hybridized carbons (Fsp3) is 0.400. The number of nitrogens with zero attached hydrogens (tertiary/aromatic N) is 4. The Morgan fingerprint density at radius 1 is 1.24 bits per heavy atom. The molecular formula is C20H26N4O4S. The van der Waals surface area contributed by atoms with Crippen LogP contribution in [-0.4, -0.2) is 54.5 Å². The molecule has 2 aromatic heterocycles. The van der Waals surface area contributed by atoms with Crippen molar-refractivity contribution in [3.05, 3.63) is 65.8 Å². The van der Waals surface area contributed by atoms with Crippen molar-refractivity contribution >= 4 is 9.84 Å². The molecule has 9 heteroatoms. The molecule has 0 unspecified atom stereocenters. The predicted molar refractivity (Wildman–Crippen MR) is 108 cm³/mol. The first-order valence-corrected chi connectivity index (χ1v) is 11.0. The number of sulfone groups is 1. The molecule has 0 saturated heterocycles. The second kappa shape index (κ2) is 9.34. The maximum atomic E-state index is 12.8. The molecule has 8 nitrogen and oxygen atoms in total. The molecule has 0 spiro atoms. The Balaban J connectivity index is 1.91. The van der Waals surface area contributed by atoms with Crippen LogP contribution in [-0.2, 0) is 27.7 Å². The number of rotatable bonds is 10. The quantitative estimate of drug-likeness (QED) is 0.500. The summed E-state index contributed by atoms with van der Waals surface area (Å²) in [4.78, 5) is 6.34. The summed E-state index contributed by atoms with van der Waals surface area (Å²) >= 11 is 0. The Hall–Kier alpha value is -2.49. The van der Waals surface area contributed by atoms with Gasteiger partial charge in [-0.1, -0.05) is 35.5 Å². The normalized spacial score (nSPS) is 13.1. The zero-order valence-electron chi connectivity index (χ0n) is 16.9. The highest BCUT2D eigenvalue weighted by Crippen LogP contribution is 2.22. The second-order valence-corrected chi connectivity index (χ2v) is 8.93. The molecule has 0 aliphatic rings. The predicted octanol–water partition coefficient (Wildman–Crippen LogP) is 2.53. The number of benzene rings is 1. The van der Waals surface area contributed by atoms with Crippen molar-refractivity contribution in [1.82, 2.24) is 19.6 Å². The standard InChI is InChI=1S/C20H26N4O4S/c1-16(19-9-10-28-22-19)23(2)15-18-13-21-20(29(25,26)12-11-27-3)24(18)14-17-7-5-4-6-8-17/h4-10,13,16H,11-12,14-15H2,1-3H3/t16-/m1/s1. The maximum Gasteiger partial charge on any atom is 0.228 e. The molecule has 3 aromatic rings. The van der Waals surface area contributed by atoms with Crippen LogP contribution in [0.2, 0.25) is 0 Å². The Bertz CT molecular complexity index is 1000. The number of ether oxygens (including phenoxy) is 1. The summed E-state index contributed by atoms with van der Waals surface area (Å²) in [6, 6.07) is 11.6. The van der Waals surface area contributed by atoms with E-state index in [1.165, 1.54) is 7.11 Å². The van der Waals surface area contributed by atoms with Crippen LogP contribution in [0.3, 0.4) is 0 Å². The number of hydrogen-bond acceptors (Lipinski definition) is 7. The van der Waals surface area contributed by atoms with Crippen LogP contribution in [0.1, 0.15) is 29.9 Å². The fourth-order valence-corrected chi connectivity index (χ4v) is 4.34. The molecule has 1 aromatic carbocycles. The van der Waals surface area contributed by atoms with Gasteiger partial charge in [-0.3, -0.25) is 4.90 Å². The van der Waals surface area contributed by atoms with Crippen molar-refractivity contribution < 1.29 is 17.7 Å². The number of imidazole rings is 1. The van der Waals surface area contributed by atoms with E-state index in [9.17, 15) is 8.42 Å². The first-order valence-electron chi connectivity index (χ1n) is 9.33. The molecule has 0 bridgehead atoms. The second-order valence-electron chi connectivity index (χ2n) is 6.93. The van der Waals surface area contributed by atoms with Gasteiger partial charge in [-0.2, -0.15) is 0 Å². The van der Waals surface area contributed by atoms with E-state index < -0.39 is 9.84 Å². The summed E-state index contributed by atoms with van der Waals surface area (Å²) in [7, 11) is -0.130. The van der Waals surface area contributed by atoms with Crippen LogP contribution in [0.15, 0.2) is 58.5 Å². The molecule has 0 aliphatic carbocycles. The summed E-state index contributed by atoms with van der Waals surface area (Å²) in [5, 5.41) is 4.06. The lowest BCUT2D eigenvalue weighted by Gasteiger charge is -2.23. The molecule has 0 amide bonds.